The number of hydrogen-bond donors (Lipinski definition) is 1. The van der Waals surface area contributed by atoms with Crippen LogP contribution in [0.1, 0.15) is 22.8 Å². The maximum absolute atomic E-state index is 13.8. The normalized spacial score (nSPS) is 18.4. The molecule has 2 rings (SSSR count). The highest BCUT2D eigenvalue weighted by Gasteiger charge is 2.22. The first-order valence-electron chi connectivity index (χ1n) is 6.42. The van der Waals surface area contributed by atoms with Gasteiger partial charge in [-0.15, -0.1) is 0 Å². The highest BCUT2D eigenvalue weighted by atomic mass is 19.1. The second kappa shape index (κ2) is 6.51. The lowest BCUT2D eigenvalue weighted by Gasteiger charge is -2.31. The van der Waals surface area contributed by atoms with Crippen LogP contribution in [0.5, 0.6) is 0 Å². The lowest BCUT2D eigenvalue weighted by atomic mass is 10.1. The minimum absolute atomic E-state index is 0.00718. The van der Waals surface area contributed by atoms with Crippen LogP contribution in [0.15, 0.2) is 18.2 Å². The van der Waals surface area contributed by atoms with Crippen LogP contribution < -0.4 is 0 Å². The van der Waals surface area contributed by atoms with Crippen molar-refractivity contribution < 1.29 is 19.0 Å². The molecule has 0 aromatic heterocycles. The fourth-order valence-corrected chi connectivity index (χ4v) is 2.07. The van der Waals surface area contributed by atoms with Gasteiger partial charge in [-0.3, -0.25) is 4.79 Å². The van der Waals surface area contributed by atoms with E-state index < -0.39 is 5.82 Å². The van der Waals surface area contributed by atoms with E-state index in [-0.39, 0.29) is 24.2 Å². The van der Waals surface area contributed by atoms with Crippen LogP contribution in [0.2, 0.25) is 0 Å². The molecule has 4 nitrogen and oxygen atoms in total. The molecule has 0 saturated carbocycles. The van der Waals surface area contributed by atoms with Crippen LogP contribution in [0.3, 0.4) is 0 Å². The fraction of sp³-hybridized carbons (Fsp3) is 0.400. The van der Waals surface area contributed by atoms with Gasteiger partial charge >= 0.3 is 0 Å². The summed E-state index contributed by atoms with van der Waals surface area (Å²) >= 11 is 0. The van der Waals surface area contributed by atoms with Crippen molar-refractivity contribution in [3.05, 3.63) is 35.1 Å². The van der Waals surface area contributed by atoms with E-state index in [9.17, 15) is 9.18 Å². The summed E-state index contributed by atoms with van der Waals surface area (Å²) in [5.41, 5.74) is 0.470. The zero-order valence-electron chi connectivity index (χ0n) is 11.2. The molecule has 1 atom stereocenters. The molecule has 20 heavy (non-hydrogen) atoms. The Morgan fingerprint density at radius 1 is 1.60 bits per heavy atom. The molecule has 1 aromatic rings. The van der Waals surface area contributed by atoms with E-state index in [4.69, 9.17) is 9.84 Å². The van der Waals surface area contributed by atoms with Gasteiger partial charge in [-0.25, -0.2) is 4.39 Å². The Hall–Kier alpha value is -1.90. The van der Waals surface area contributed by atoms with E-state index in [0.29, 0.717) is 25.3 Å². The zero-order chi connectivity index (χ0) is 14.5. The molecule has 0 bridgehead atoms. The van der Waals surface area contributed by atoms with Gasteiger partial charge in [0.15, 0.2) is 0 Å². The van der Waals surface area contributed by atoms with Gasteiger partial charge < -0.3 is 14.7 Å². The van der Waals surface area contributed by atoms with Crippen molar-refractivity contribution >= 4 is 5.91 Å². The third-order valence-corrected chi connectivity index (χ3v) is 3.05. The quantitative estimate of drug-likeness (QED) is 0.780. The summed E-state index contributed by atoms with van der Waals surface area (Å²) in [6.45, 7) is 3.08. The van der Waals surface area contributed by atoms with Gasteiger partial charge in [-0.2, -0.15) is 0 Å². The Balaban J connectivity index is 2.16. The second-order valence-corrected chi connectivity index (χ2v) is 4.59. The summed E-state index contributed by atoms with van der Waals surface area (Å²) in [5.74, 6) is 4.11. The van der Waals surface area contributed by atoms with Crippen LogP contribution in [0.25, 0.3) is 0 Å². The van der Waals surface area contributed by atoms with E-state index >= 15 is 0 Å². The average Bonchev–Trinajstić information content (AvgIpc) is 2.45. The van der Waals surface area contributed by atoms with Crippen molar-refractivity contribution in [3.8, 4) is 11.8 Å². The van der Waals surface area contributed by atoms with Gasteiger partial charge in [0.25, 0.3) is 5.91 Å². The van der Waals surface area contributed by atoms with Crippen LogP contribution in [0, 0.1) is 17.7 Å². The lowest BCUT2D eigenvalue weighted by Crippen LogP contribution is -2.44. The van der Waals surface area contributed by atoms with Gasteiger partial charge in [0.2, 0.25) is 0 Å². The molecule has 1 aliphatic rings. The lowest BCUT2D eigenvalue weighted by molar-refractivity contribution is -0.0124. The number of amides is 1. The van der Waals surface area contributed by atoms with Gasteiger partial charge in [0, 0.05) is 18.7 Å². The van der Waals surface area contributed by atoms with E-state index in [0.717, 1.165) is 0 Å². The minimum atomic E-state index is -0.557. The highest BCUT2D eigenvalue weighted by Crippen LogP contribution is 2.14. The number of carbonyl (C=O) groups excluding carboxylic acids is 1. The predicted molar refractivity (Wildman–Crippen MR) is 71.7 cm³/mol. The number of aliphatic hydroxyl groups is 1. The zero-order valence-corrected chi connectivity index (χ0v) is 11.2. The molecular weight excluding hydrogens is 261 g/mol. The average molecular weight is 277 g/mol. The SMILES string of the molecule is CC1CN(C(=O)c2ccc(C#CCO)c(F)c2)CCO1. The number of benzene rings is 1. The van der Waals surface area contributed by atoms with E-state index in [1.54, 1.807) is 11.0 Å². The molecule has 1 heterocycles. The molecule has 1 fully saturated rings. The number of nitrogens with zero attached hydrogens (tertiary/aromatic N) is 1. The number of rotatable bonds is 1. The predicted octanol–water partition coefficient (Wildman–Crippen LogP) is 1.03. The first-order valence-corrected chi connectivity index (χ1v) is 6.42. The molecule has 1 amide bonds. The molecule has 1 aliphatic heterocycles. The Kier molecular flexibility index (Phi) is 4.72. The van der Waals surface area contributed by atoms with Crippen molar-refractivity contribution in [3.63, 3.8) is 0 Å². The molecule has 0 spiro atoms. The molecule has 1 saturated heterocycles. The monoisotopic (exact) mass is 277 g/mol. The first kappa shape index (κ1) is 14.5. The second-order valence-electron chi connectivity index (χ2n) is 4.59. The van der Waals surface area contributed by atoms with Crippen LogP contribution >= 0.6 is 0 Å². The number of carbonyl (C=O) groups is 1. The Morgan fingerprint density at radius 3 is 3.05 bits per heavy atom. The van der Waals surface area contributed by atoms with E-state index in [1.807, 2.05) is 6.92 Å². The Bertz CT molecular complexity index is 562. The molecule has 1 N–H and O–H groups in total. The van der Waals surface area contributed by atoms with Crippen molar-refractivity contribution in [1.29, 1.82) is 0 Å². The molecule has 0 aliphatic carbocycles. The molecular formula is C15H16FNO3. The van der Waals surface area contributed by atoms with E-state index in [2.05, 4.69) is 11.8 Å². The van der Waals surface area contributed by atoms with Crippen molar-refractivity contribution in [2.24, 2.45) is 0 Å². The summed E-state index contributed by atoms with van der Waals surface area (Å²) in [6.07, 6.45) is -0.00718. The Labute approximate surface area is 117 Å². The smallest absolute Gasteiger partial charge is 0.254 e. The van der Waals surface area contributed by atoms with Crippen LogP contribution in [0.4, 0.5) is 4.39 Å². The van der Waals surface area contributed by atoms with Gasteiger partial charge in [0.1, 0.15) is 12.4 Å². The maximum Gasteiger partial charge on any atom is 0.254 e. The van der Waals surface area contributed by atoms with Gasteiger partial charge in [0.05, 0.1) is 18.3 Å². The van der Waals surface area contributed by atoms with Crippen LogP contribution in [-0.2, 0) is 4.74 Å². The summed E-state index contributed by atoms with van der Waals surface area (Å²) < 4.78 is 19.2. The van der Waals surface area contributed by atoms with Gasteiger partial charge in [-0.1, -0.05) is 11.8 Å². The number of aliphatic hydroxyl groups excluding tert-OH is 1. The fourth-order valence-electron chi connectivity index (χ4n) is 2.07. The first-order chi connectivity index (χ1) is 9.61. The molecule has 1 unspecified atom stereocenters. The third kappa shape index (κ3) is 3.35. The standard InChI is InChI=1S/C15H16FNO3/c1-11-10-17(6-8-20-11)15(19)13-5-4-12(3-2-7-18)14(16)9-13/h4-5,9,11,18H,6-8,10H2,1H3. The van der Waals surface area contributed by atoms with Crippen molar-refractivity contribution in [2.75, 3.05) is 26.3 Å². The summed E-state index contributed by atoms with van der Waals surface area (Å²) in [5, 5.41) is 8.59. The minimum Gasteiger partial charge on any atom is -0.384 e. The largest absolute Gasteiger partial charge is 0.384 e. The number of morpholine rings is 1. The van der Waals surface area contributed by atoms with Crippen LogP contribution in [-0.4, -0.2) is 48.3 Å². The Morgan fingerprint density at radius 2 is 2.40 bits per heavy atom. The van der Waals surface area contributed by atoms with E-state index in [1.165, 1.54) is 12.1 Å². The summed E-state index contributed by atoms with van der Waals surface area (Å²) in [6, 6.07) is 4.19. The van der Waals surface area contributed by atoms with Crippen molar-refractivity contribution in [2.45, 2.75) is 13.0 Å². The third-order valence-electron chi connectivity index (χ3n) is 3.05. The number of hydrogen-bond acceptors (Lipinski definition) is 3. The number of ether oxygens (including phenoxy) is 1. The maximum atomic E-state index is 13.8. The topological polar surface area (TPSA) is 49.8 Å². The molecule has 1 aromatic carbocycles. The van der Waals surface area contributed by atoms with Crippen molar-refractivity contribution in [1.82, 2.24) is 4.90 Å². The molecule has 106 valence electrons. The molecule has 5 heteroatoms. The molecule has 0 radical (unpaired) electrons. The summed E-state index contributed by atoms with van der Waals surface area (Å²) in [4.78, 5) is 13.9. The summed E-state index contributed by atoms with van der Waals surface area (Å²) in [7, 11) is 0. The highest BCUT2D eigenvalue weighted by molar-refractivity contribution is 5.94. The van der Waals surface area contributed by atoms with Gasteiger partial charge in [-0.05, 0) is 25.1 Å². The number of halogens is 1.